The van der Waals surface area contributed by atoms with Gasteiger partial charge in [-0.1, -0.05) is 11.2 Å². The van der Waals surface area contributed by atoms with Crippen LogP contribution in [0, 0.1) is 19.7 Å². The molecule has 0 bridgehead atoms. The number of nitrogens with one attached hydrogen (secondary N) is 1. The van der Waals surface area contributed by atoms with Gasteiger partial charge in [0.05, 0.1) is 16.4 Å². The van der Waals surface area contributed by atoms with Gasteiger partial charge in [0, 0.05) is 18.7 Å². The molecule has 0 aliphatic heterocycles. The Bertz CT molecular complexity index is 996. The number of halogens is 1. The second kappa shape index (κ2) is 7.71. The lowest BCUT2D eigenvalue weighted by Gasteiger charge is -2.14. The van der Waals surface area contributed by atoms with Crippen LogP contribution in [0.15, 0.2) is 40.9 Å². The van der Waals surface area contributed by atoms with Crippen LogP contribution in [0.3, 0.4) is 0 Å². The van der Waals surface area contributed by atoms with E-state index in [9.17, 15) is 14.0 Å². The molecule has 1 N–H and O–H groups in total. The van der Waals surface area contributed by atoms with Crippen molar-refractivity contribution in [2.75, 3.05) is 12.4 Å². The van der Waals surface area contributed by atoms with Gasteiger partial charge in [-0.05, 0) is 43.7 Å². The zero-order valence-electron chi connectivity index (χ0n) is 15.1. The van der Waals surface area contributed by atoms with Crippen molar-refractivity contribution in [1.29, 1.82) is 0 Å². The van der Waals surface area contributed by atoms with Crippen LogP contribution in [0.2, 0.25) is 0 Å². The second-order valence-electron chi connectivity index (χ2n) is 6.18. The highest BCUT2D eigenvalue weighted by Crippen LogP contribution is 2.28. The fourth-order valence-corrected chi connectivity index (χ4v) is 3.61. The molecule has 0 unspecified atom stereocenters. The van der Waals surface area contributed by atoms with Crippen LogP contribution in [0.25, 0.3) is 0 Å². The number of amides is 2. The van der Waals surface area contributed by atoms with Crippen LogP contribution >= 0.6 is 11.3 Å². The number of hydrogen-bond acceptors (Lipinski definition) is 5. The van der Waals surface area contributed by atoms with Crippen molar-refractivity contribution in [2.45, 2.75) is 20.4 Å². The van der Waals surface area contributed by atoms with Crippen molar-refractivity contribution in [3.63, 3.8) is 0 Å². The van der Waals surface area contributed by atoms with Crippen LogP contribution < -0.4 is 5.32 Å². The fourth-order valence-electron chi connectivity index (χ4n) is 2.55. The van der Waals surface area contributed by atoms with Gasteiger partial charge in [0.2, 0.25) is 0 Å². The Hall–Kier alpha value is -3.00. The molecule has 2 heterocycles. The summed E-state index contributed by atoms with van der Waals surface area (Å²) < 4.78 is 18.3. The number of carbonyl (C=O) groups excluding carboxylic acids is 2. The smallest absolute Gasteiger partial charge is 0.264 e. The van der Waals surface area contributed by atoms with Gasteiger partial charge in [0.15, 0.2) is 0 Å². The summed E-state index contributed by atoms with van der Waals surface area (Å²) in [6, 6.07) is 8.93. The molecule has 6 nitrogen and oxygen atoms in total. The van der Waals surface area contributed by atoms with Gasteiger partial charge in [-0.3, -0.25) is 9.59 Å². The third-order valence-corrected chi connectivity index (χ3v) is 5.00. The summed E-state index contributed by atoms with van der Waals surface area (Å²) in [5.74, 6) is -0.406. The molecule has 0 fully saturated rings. The van der Waals surface area contributed by atoms with Crippen LogP contribution in [0.1, 0.15) is 37.0 Å². The summed E-state index contributed by atoms with van der Waals surface area (Å²) >= 11 is 1.18. The summed E-state index contributed by atoms with van der Waals surface area (Å²) in [5, 5.41) is 7.12. The van der Waals surface area contributed by atoms with Crippen molar-refractivity contribution < 1.29 is 18.5 Å². The molecule has 1 aromatic carbocycles. The van der Waals surface area contributed by atoms with Crippen molar-refractivity contribution in [3.05, 3.63) is 69.7 Å². The number of carbonyl (C=O) groups is 2. The largest absolute Gasteiger partial charge is 0.361 e. The molecule has 0 radical (unpaired) electrons. The minimum atomic E-state index is -0.481. The van der Waals surface area contributed by atoms with Crippen LogP contribution in [0.5, 0.6) is 0 Å². The molecule has 8 heteroatoms. The molecule has 2 amide bonds. The van der Waals surface area contributed by atoms with E-state index in [1.54, 1.807) is 33.0 Å². The third-order valence-electron chi connectivity index (χ3n) is 3.86. The predicted octanol–water partition coefficient (Wildman–Crippen LogP) is 4.02. The summed E-state index contributed by atoms with van der Waals surface area (Å²) in [6.45, 7) is 3.91. The predicted molar refractivity (Wildman–Crippen MR) is 100 cm³/mol. The van der Waals surface area contributed by atoms with Gasteiger partial charge >= 0.3 is 0 Å². The van der Waals surface area contributed by atoms with Crippen molar-refractivity contribution in [2.24, 2.45) is 0 Å². The Balaban J connectivity index is 1.71. The summed E-state index contributed by atoms with van der Waals surface area (Å²) in [6.07, 6.45) is 0. The van der Waals surface area contributed by atoms with Gasteiger partial charge in [-0.2, -0.15) is 0 Å². The highest BCUT2D eigenvalue weighted by molar-refractivity contribution is 7.18. The molecule has 0 spiro atoms. The number of aromatic nitrogens is 1. The molecule has 0 aliphatic carbocycles. The Morgan fingerprint density at radius 2 is 2.04 bits per heavy atom. The van der Waals surface area contributed by atoms with Crippen molar-refractivity contribution in [3.8, 4) is 0 Å². The Labute approximate surface area is 159 Å². The summed E-state index contributed by atoms with van der Waals surface area (Å²) in [4.78, 5) is 27.0. The molecular formula is C19H18FN3O3S. The zero-order chi connectivity index (χ0) is 19.6. The molecule has 3 aromatic rings. The molecule has 0 aliphatic rings. The minimum Gasteiger partial charge on any atom is -0.361 e. The van der Waals surface area contributed by atoms with Gasteiger partial charge in [0.1, 0.15) is 17.3 Å². The highest BCUT2D eigenvalue weighted by Gasteiger charge is 2.20. The first kappa shape index (κ1) is 18.8. The minimum absolute atomic E-state index is 0.176. The van der Waals surface area contributed by atoms with Crippen molar-refractivity contribution >= 4 is 28.2 Å². The maximum absolute atomic E-state index is 13.3. The third kappa shape index (κ3) is 4.40. The number of thiophene rings is 1. The Kier molecular flexibility index (Phi) is 5.36. The van der Waals surface area contributed by atoms with E-state index < -0.39 is 11.7 Å². The molecule has 0 saturated heterocycles. The van der Waals surface area contributed by atoms with E-state index in [4.69, 9.17) is 4.52 Å². The number of aryl methyl sites for hydroxylation is 2. The number of nitrogens with zero attached hydrogens (tertiary/aromatic N) is 2. The molecule has 27 heavy (non-hydrogen) atoms. The lowest BCUT2D eigenvalue weighted by molar-refractivity contribution is 0.0786. The average molecular weight is 387 g/mol. The van der Waals surface area contributed by atoms with Crippen LogP contribution in [0.4, 0.5) is 9.39 Å². The van der Waals surface area contributed by atoms with Gasteiger partial charge in [-0.15, -0.1) is 11.3 Å². The zero-order valence-corrected chi connectivity index (χ0v) is 15.9. The van der Waals surface area contributed by atoms with Gasteiger partial charge in [-0.25, -0.2) is 4.39 Å². The number of benzene rings is 1. The molecule has 3 rings (SSSR count). The standard InChI is InChI=1S/C19H18FN3O3S/c1-11-7-16(21-18(24)13-5-4-6-14(20)9-13)27-17(11)19(25)23(3)10-15-8-12(2)26-22-15/h4-9H,10H2,1-3H3,(H,21,24). The topological polar surface area (TPSA) is 75.4 Å². The fraction of sp³-hybridized carbons (Fsp3) is 0.211. The Morgan fingerprint density at radius 3 is 2.70 bits per heavy atom. The van der Waals surface area contributed by atoms with E-state index in [2.05, 4.69) is 10.5 Å². The van der Waals surface area contributed by atoms with E-state index in [0.29, 0.717) is 27.9 Å². The normalized spacial score (nSPS) is 10.7. The number of rotatable bonds is 5. The van der Waals surface area contributed by atoms with Crippen LogP contribution in [-0.4, -0.2) is 28.9 Å². The SMILES string of the molecule is Cc1cc(CN(C)C(=O)c2sc(NC(=O)c3cccc(F)c3)cc2C)no1. The number of hydrogen-bond donors (Lipinski definition) is 1. The molecular weight excluding hydrogens is 369 g/mol. The van der Waals surface area contributed by atoms with Gasteiger partial charge in [0.25, 0.3) is 11.8 Å². The van der Waals surface area contributed by atoms with E-state index in [1.807, 2.05) is 0 Å². The van der Waals surface area contributed by atoms with E-state index in [0.717, 1.165) is 11.6 Å². The van der Waals surface area contributed by atoms with E-state index in [1.165, 1.54) is 34.4 Å². The monoisotopic (exact) mass is 387 g/mol. The summed E-state index contributed by atoms with van der Waals surface area (Å²) in [7, 11) is 1.68. The van der Waals surface area contributed by atoms with E-state index in [-0.39, 0.29) is 11.5 Å². The first-order valence-corrected chi connectivity index (χ1v) is 9.00. The highest BCUT2D eigenvalue weighted by atomic mass is 32.1. The molecule has 140 valence electrons. The quantitative estimate of drug-likeness (QED) is 0.718. The maximum atomic E-state index is 13.3. The average Bonchev–Trinajstić information content (AvgIpc) is 3.19. The summed E-state index contributed by atoms with van der Waals surface area (Å²) in [5.41, 5.74) is 1.63. The first-order chi connectivity index (χ1) is 12.8. The number of anilines is 1. The second-order valence-corrected chi connectivity index (χ2v) is 7.23. The van der Waals surface area contributed by atoms with E-state index >= 15 is 0 Å². The lowest BCUT2D eigenvalue weighted by Crippen LogP contribution is -2.26. The lowest BCUT2D eigenvalue weighted by atomic mass is 10.2. The first-order valence-electron chi connectivity index (χ1n) is 8.18. The Morgan fingerprint density at radius 1 is 1.26 bits per heavy atom. The molecule has 0 saturated carbocycles. The maximum Gasteiger partial charge on any atom is 0.264 e. The molecule has 0 atom stereocenters. The van der Waals surface area contributed by atoms with Crippen LogP contribution in [-0.2, 0) is 6.54 Å². The van der Waals surface area contributed by atoms with Gasteiger partial charge < -0.3 is 14.7 Å². The van der Waals surface area contributed by atoms with Crippen molar-refractivity contribution in [1.82, 2.24) is 10.1 Å². The molecule has 2 aromatic heterocycles.